The molecule has 0 atom stereocenters. The summed E-state index contributed by atoms with van der Waals surface area (Å²) in [5.41, 5.74) is 5.65. The summed E-state index contributed by atoms with van der Waals surface area (Å²) >= 11 is 0. The van der Waals surface area contributed by atoms with Crippen molar-refractivity contribution in [1.29, 1.82) is 0 Å². The molecule has 0 saturated carbocycles. The van der Waals surface area contributed by atoms with Crippen LogP contribution in [0.4, 0.5) is 16.3 Å². The zero-order chi connectivity index (χ0) is 18.3. The highest BCUT2D eigenvalue weighted by atomic mass is 32.2. The Labute approximate surface area is 152 Å². The first-order chi connectivity index (χ1) is 12.4. The zero-order valence-electron chi connectivity index (χ0n) is 14.5. The molecule has 0 bridgehead atoms. The first kappa shape index (κ1) is 16.9. The SMILES string of the molecule is Cn1ccc(NS(=O)(=O)NC(=O)Nc2c3c(cc4c2CCC4)CCC3)n1. The topological polar surface area (TPSA) is 105 Å². The fraction of sp³-hybridized carbons (Fsp3) is 0.412. The molecule has 0 saturated heterocycles. The first-order valence-electron chi connectivity index (χ1n) is 8.69. The molecule has 9 heteroatoms. The summed E-state index contributed by atoms with van der Waals surface area (Å²) in [6.45, 7) is 0. The molecule has 0 unspecified atom stereocenters. The minimum absolute atomic E-state index is 0.147. The van der Waals surface area contributed by atoms with E-state index in [9.17, 15) is 13.2 Å². The molecule has 4 rings (SSSR count). The first-order valence-corrected chi connectivity index (χ1v) is 10.2. The monoisotopic (exact) mass is 375 g/mol. The van der Waals surface area contributed by atoms with Gasteiger partial charge in [-0.2, -0.15) is 13.5 Å². The molecular weight excluding hydrogens is 354 g/mol. The summed E-state index contributed by atoms with van der Waals surface area (Å²) in [6, 6.07) is 3.00. The molecule has 0 fully saturated rings. The van der Waals surface area contributed by atoms with Crippen molar-refractivity contribution in [3.05, 3.63) is 40.6 Å². The maximum atomic E-state index is 12.4. The van der Waals surface area contributed by atoms with Crippen molar-refractivity contribution >= 4 is 27.7 Å². The van der Waals surface area contributed by atoms with Crippen LogP contribution >= 0.6 is 0 Å². The third kappa shape index (κ3) is 3.26. The van der Waals surface area contributed by atoms with E-state index in [1.165, 1.54) is 21.9 Å². The molecule has 3 N–H and O–H groups in total. The molecule has 2 amide bonds. The molecule has 2 aliphatic rings. The Bertz CT molecular complexity index is 948. The van der Waals surface area contributed by atoms with Crippen molar-refractivity contribution in [3.8, 4) is 0 Å². The minimum atomic E-state index is -4.06. The molecule has 0 aliphatic heterocycles. The van der Waals surface area contributed by atoms with Gasteiger partial charge in [-0.15, -0.1) is 0 Å². The highest BCUT2D eigenvalue weighted by molar-refractivity contribution is 7.91. The predicted molar refractivity (Wildman–Crippen MR) is 98.4 cm³/mol. The molecule has 1 heterocycles. The van der Waals surface area contributed by atoms with Crippen molar-refractivity contribution in [2.24, 2.45) is 7.05 Å². The second-order valence-electron chi connectivity index (χ2n) is 6.77. The van der Waals surface area contributed by atoms with E-state index in [2.05, 4.69) is 21.2 Å². The van der Waals surface area contributed by atoms with E-state index >= 15 is 0 Å². The number of anilines is 2. The zero-order valence-corrected chi connectivity index (χ0v) is 15.3. The minimum Gasteiger partial charge on any atom is -0.307 e. The maximum Gasteiger partial charge on any atom is 0.334 e. The van der Waals surface area contributed by atoms with Crippen LogP contribution in [0.15, 0.2) is 18.3 Å². The van der Waals surface area contributed by atoms with Gasteiger partial charge in [-0.05, 0) is 60.8 Å². The summed E-state index contributed by atoms with van der Waals surface area (Å²) in [5.74, 6) is 0.147. The van der Waals surface area contributed by atoms with Gasteiger partial charge >= 0.3 is 16.2 Å². The van der Waals surface area contributed by atoms with Gasteiger partial charge in [-0.25, -0.2) is 14.2 Å². The van der Waals surface area contributed by atoms with E-state index in [0.29, 0.717) is 0 Å². The van der Waals surface area contributed by atoms with E-state index < -0.39 is 16.2 Å². The Morgan fingerprint density at radius 1 is 1.12 bits per heavy atom. The molecule has 1 aromatic carbocycles. The van der Waals surface area contributed by atoms with Gasteiger partial charge in [0.05, 0.1) is 0 Å². The van der Waals surface area contributed by atoms with Crippen molar-refractivity contribution in [3.63, 3.8) is 0 Å². The van der Waals surface area contributed by atoms with Crippen LogP contribution < -0.4 is 14.8 Å². The number of carbonyl (C=O) groups excluding carboxylic acids is 1. The Morgan fingerprint density at radius 3 is 2.35 bits per heavy atom. The van der Waals surface area contributed by atoms with Crippen LogP contribution in [0.2, 0.25) is 0 Å². The number of fused-ring (bicyclic) bond motifs is 2. The number of hydrogen-bond donors (Lipinski definition) is 3. The van der Waals surface area contributed by atoms with E-state index in [0.717, 1.165) is 55.3 Å². The van der Waals surface area contributed by atoms with Gasteiger partial charge in [0.25, 0.3) is 0 Å². The van der Waals surface area contributed by atoms with Gasteiger partial charge in [-0.1, -0.05) is 6.07 Å². The van der Waals surface area contributed by atoms with Gasteiger partial charge in [0.15, 0.2) is 5.82 Å². The Kier molecular flexibility index (Phi) is 4.10. The van der Waals surface area contributed by atoms with Crippen LogP contribution in [0, 0.1) is 0 Å². The number of amides is 2. The summed E-state index contributed by atoms with van der Waals surface area (Å²) in [7, 11) is -2.38. The predicted octanol–water partition coefficient (Wildman–Crippen LogP) is 1.88. The fourth-order valence-electron chi connectivity index (χ4n) is 3.86. The molecule has 1 aromatic heterocycles. The number of aromatic nitrogens is 2. The van der Waals surface area contributed by atoms with E-state index in [-0.39, 0.29) is 5.82 Å². The second-order valence-corrected chi connectivity index (χ2v) is 8.19. The fourth-order valence-corrected chi connectivity index (χ4v) is 4.59. The number of nitrogens with zero attached hydrogens (tertiary/aromatic N) is 2. The number of carbonyl (C=O) groups is 1. The van der Waals surface area contributed by atoms with E-state index in [1.807, 2.05) is 4.72 Å². The number of aryl methyl sites for hydroxylation is 3. The molecule has 8 nitrogen and oxygen atoms in total. The maximum absolute atomic E-state index is 12.4. The van der Waals surface area contributed by atoms with Crippen LogP contribution in [0.3, 0.4) is 0 Å². The quantitative estimate of drug-likeness (QED) is 0.759. The molecular formula is C17H21N5O3S. The average molecular weight is 375 g/mol. The van der Waals surface area contributed by atoms with Gasteiger partial charge < -0.3 is 5.32 Å². The summed E-state index contributed by atoms with van der Waals surface area (Å²) in [6.07, 6.45) is 7.59. The van der Waals surface area contributed by atoms with Gasteiger partial charge in [-0.3, -0.25) is 4.68 Å². The summed E-state index contributed by atoms with van der Waals surface area (Å²) in [4.78, 5) is 12.4. The highest BCUT2D eigenvalue weighted by Gasteiger charge is 2.26. The van der Waals surface area contributed by atoms with Crippen LogP contribution in [-0.4, -0.2) is 24.2 Å². The van der Waals surface area contributed by atoms with Crippen LogP contribution in [0.25, 0.3) is 0 Å². The van der Waals surface area contributed by atoms with Gasteiger partial charge in [0.1, 0.15) is 0 Å². The van der Waals surface area contributed by atoms with Gasteiger partial charge in [0.2, 0.25) is 0 Å². The van der Waals surface area contributed by atoms with E-state index in [1.54, 1.807) is 13.2 Å². The molecule has 138 valence electrons. The third-order valence-corrected chi connectivity index (χ3v) is 5.82. The Morgan fingerprint density at radius 2 is 1.77 bits per heavy atom. The van der Waals surface area contributed by atoms with Crippen molar-refractivity contribution in [2.45, 2.75) is 38.5 Å². The number of rotatable bonds is 4. The van der Waals surface area contributed by atoms with Crippen molar-refractivity contribution < 1.29 is 13.2 Å². The Hall–Kier alpha value is -2.55. The second kappa shape index (κ2) is 6.31. The van der Waals surface area contributed by atoms with Gasteiger partial charge in [0, 0.05) is 25.0 Å². The molecule has 26 heavy (non-hydrogen) atoms. The smallest absolute Gasteiger partial charge is 0.307 e. The Balaban J connectivity index is 1.52. The number of urea groups is 1. The lowest BCUT2D eigenvalue weighted by Crippen LogP contribution is -2.38. The molecule has 0 spiro atoms. The van der Waals surface area contributed by atoms with Crippen LogP contribution in [-0.2, 0) is 42.9 Å². The highest BCUT2D eigenvalue weighted by Crippen LogP contribution is 2.38. The molecule has 2 aliphatic carbocycles. The average Bonchev–Trinajstić information content (AvgIpc) is 3.26. The van der Waals surface area contributed by atoms with Crippen LogP contribution in [0.5, 0.6) is 0 Å². The standard InChI is InChI=1S/C17H21N5O3S/c1-22-9-8-15(19-22)20-26(24,25)21-17(23)18-16-13-6-2-4-11(13)10-12-5-3-7-14(12)16/h8-10H,2-7H2,1H3,(H,19,20)(H2,18,21,23). The summed E-state index contributed by atoms with van der Waals surface area (Å²) < 4.78 is 30.0. The molecule has 0 radical (unpaired) electrons. The summed E-state index contributed by atoms with van der Waals surface area (Å²) in [5, 5.41) is 6.73. The normalized spacial score (nSPS) is 15.4. The number of benzene rings is 1. The van der Waals surface area contributed by atoms with Crippen molar-refractivity contribution in [2.75, 3.05) is 10.0 Å². The lowest BCUT2D eigenvalue weighted by molar-refractivity contribution is 0.256. The van der Waals surface area contributed by atoms with Crippen molar-refractivity contribution in [1.82, 2.24) is 14.5 Å². The number of nitrogens with one attached hydrogen (secondary N) is 3. The third-order valence-electron chi connectivity index (χ3n) is 4.89. The lowest BCUT2D eigenvalue weighted by atomic mass is 9.99. The number of hydrogen-bond acceptors (Lipinski definition) is 4. The van der Waals surface area contributed by atoms with E-state index in [4.69, 9.17) is 0 Å². The lowest BCUT2D eigenvalue weighted by Gasteiger charge is -2.16. The molecule has 2 aromatic rings. The van der Waals surface area contributed by atoms with Crippen LogP contribution in [0.1, 0.15) is 35.1 Å². The largest absolute Gasteiger partial charge is 0.334 e.